The Labute approximate surface area is 128 Å². The Bertz CT molecular complexity index is 701. The molecule has 0 saturated heterocycles. The Balaban J connectivity index is 2.11. The minimum Gasteiger partial charge on any atom is -0.325 e. The van der Waals surface area contributed by atoms with Gasteiger partial charge in [0.15, 0.2) is 0 Å². The molecule has 0 bridgehead atoms. The predicted molar refractivity (Wildman–Crippen MR) is 84.9 cm³/mol. The lowest BCUT2D eigenvalue weighted by Crippen LogP contribution is -2.40. The summed E-state index contributed by atoms with van der Waals surface area (Å²) in [6.45, 7) is 3.94. The first-order valence-electron chi connectivity index (χ1n) is 7.21. The summed E-state index contributed by atoms with van der Waals surface area (Å²) in [5, 5.41) is 6.78. The largest absolute Gasteiger partial charge is 0.350 e. The van der Waals surface area contributed by atoms with Crippen LogP contribution in [-0.2, 0) is 11.8 Å². The maximum Gasteiger partial charge on any atom is 0.350 e. The van der Waals surface area contributed by atoms with E-state index in [4.69, 9.17) is 5.73 Å². The van der Waals surface area contributed by atoms with Crippen molar-refractivity contribution in [2.75, 3.05) is 5.32 Å². The van der Waals surface area contributed by atoms with Crippen molar-refractivity contribution in [2.45, 2.75) is 26.3 Å². The molecular formula is C15H21N5O2. The van der Waals surface area contributed by atoms with Crippen LogP contribution >= 0.6 is 0 Å². The van der Waals surface area contributed by atoms with Crippen LogP contribution in [0.4, 0.5) is 5.69 Å². The Kier molecular flexibility index (Phi) is 4.77. The number of nitrogens with one attached hydrogen (secondary N) is 1. The maximum absolute atomic E-state index is 12.0. The van der Waals surface area contributed by atoms with Crippen molar-refractivity contribution in [3.63, 3.8) is 0 Å². The molecular weight excluding hydrogens is 282 g/mol. The summed E-state index contributed by atoms with van der Waals surface area (Å²) in [6.07, 6.45) is 2.29. The number of carbonyl (C=O) groups excluding carboxylic acids is 1. The zero-order valence-corrected chi connectivity index (χ0v) is 13.0. The number of benzene rings is 1. The van der Waals surface area contributed by atoms with Crippen LogP contribution < -0.4 is 16.7 Å². The van der Waals surface area contributed by atoms with Crippen LogP contribution in [0.2, 0.25) is 0 Å². The molecule has 0 saturated carbocycles. The van der Waals surface area contributed by atoms with Crippen LogP contribution in [0.25, 0.3) is 5.69 Å². The highest BCUT2D eigenvalue weighted by Gasteiger charge is 2.19. The molecule has 118 valence electrons. The molecule has 7 heteroatoms. The number of hydrogen-bond donors (Lipinski definition) is 2. The zero-order valence-electron chi connectivity index (χ0n) is 13.0. The topological polar surface area (TPSA) is 94.9 Å². The van der Waals surface area contributed by atoms with Gasteiger partial charge in [-0.2, -0.15) is 9.78 Å². The van der Waals surface area contributed by atoms with E-state index in [0.717, 1.165) is 6.42 Å². The monoisotopic (exact) mass is 303 g/mol. The molecule has 3 N–H and O–H groups in total. The van der Waals surface area contributed by atoms with Crippen molar-refractivity contribution in [3.05, 3.63) is 41.1 Å². The van der Waals surface area contributed by atoms with Crippen LogP contribution in [0, 0.1) is 5.92 Å². The molecule has 2 atom stereocenters. The second-order valence-electron chi connectivity index (χ2n) is 5.38. The minimum atomic E-state index is -0.539. The minimum absolute atomic E-state index is 0.117. The number of rotatable bonds is 5. The van der Waals surface area contributed by atoms with Gasteiger partial charge in [0.1, 0.15) is 6.33 Å². The Morgan fingerprint density at radius 1 is 1.36 bits per heavy atom. The summed E-state index contributed by atoms with van der Waals surface area (Å²) in [4.78, 5) is 23.8. The quantitative estimate of drug-likeness (QED) is 0.857. The number of carbonyl (C=O) groups is 1. The zero-order chi connectivity index (χ0) is 16.3. The highest BCUT2D eigenvalue weighted by atomic mass is 16.2. The van der Waals surface area contributed by atoms with Crippen LogP contribution in [0.5, 0.6) is 0 Å². The van der Waals surface area contributed by atoms with Gasteiger partial charge in [-0.3, -0.25) is 9.36 Å². The molecule has 0 spiro atoms. The van der Waals surface area contributed by atoms with Crippen molar-refractivity contribution in [2.24, 2.45) is 18.7 Å². The molecule has 0 fully saturated rings. The maximum atomic E-state index is 12.0. The molecule has 0 aliphatic carbocycles. The lowest BCUT2D eigenvalue weighted by atomic mass is 9.99. The van der Waals surface area contributed by atoms with E-state index in [1.807, 2.05) is 13.8 Å². The van der Waals surface area contributed by atoms with Gasteiger partial charge in [0.2, 0.25) is 5.91 Å². The summed E-state index contributed by atoms with van der Waals surface area (Å²) in [6, 6.07) is 6.34. The fourth-order valence-electron chi connectivity index (χ4n) is 1.98. The van der Waals surface area contributed by atoms with Crippen LogP contribution in [0.15, 0.2) is 35.4 Å². The standard InChI is InChI=1S/C15H21N5O2/c1-4-10(2)13(16)14(21)18-11-5-7-12(8-6-11)20-15(22)19(3)9-17-20/h5-10,13H,4,16H2,1-3H3,(H,18,21). The molecule has 0 radical (unpaired) electrons. The third-order valence-electron chi connectivity index (χ3n) is 3.76. The second-order valence-corrected chi connectivity index (χ2v) is 5.38. The average molecular weight is 303 g/mol. The molecule has 1 aromatic heterocycles. The van der Waals surface area contributed by atoms with Gasteiger partial charge in [-0.15, -0.1) is 0 Å². The molecule has 7 nitrogen and oxygen atoms in total. The van der Waals surface area contributed by atoms with Crippen molar-refractivity contribution in [1.82, 2.24) is 14.3 Å². The van der Waals surface area contributed by atoms with Gasteiger partial charge in [0.05, 0.1) is 11.7 Å². The summed E-state index contributed by atoms with van der Waals surface area (Å²) >= 11 is 0. The SMILES string of the molecule is CCC(C)C(N)C(=O)Nc1ccc(-n2ncn(C)c2=O)cc1. The van der Waals surface area contributed by atoms with Crippen LogP contribution in [0.3, 0.4) is 0 Å². The Morgan fingerprint density at radius 3 is 2.50 bits per heavy atom. The second kappa shape index (κ2) is 6.57. The molecule has 2 unspecified atom stereocenters. The van der Waals surface area contributed by atoms with E-state index in [1.54, 1.807) is 31.3 Å². The van der Waals surface area contributed by atoms with Gasteiger partial charge < -0.3 is 11.1 Å². The fraction of sp³-hybridized carbons (Fsp3) is 0.400. The number of hydrogen-bond acceptors (Lipinski definition) is 4. The first-order valence-corrected chi connectivity index (χ1v) is 7.21. The van der Waals surface area contributed by atoms with Crippen LogP contribution in [-0.4, -0.2) is 26.3 Å². The van der Waals surface area contributed by atoms with E-state index < -0.39 is 6.04 Å². The number of nitrogens with zero attached hydrogens (tertiary/aromatic N) is 3. The van der Waals surface area contributed by atoms with E-state index in [1.165, 1.54) is 15.6 Å². The Morgan fingerprint density at radius 2 is 2.00 bits per heavy atom. The van der Waals surface area contributed by atoms with Crippen molar-refractivity contribution >= 4 is 11.6 Å². The van der Waals surface area contributed by atoms with Crippen LogP contribution in [0.1, 0.15) is 20.3 Å². The van der Waals surface area contributed by atoms with E-state index >= 15 is 0 Å². The first-order chi connectivity index (χ1) is 10.4. The lowest BCUT2D eigenvalue weighted by molar-refractivity contribution is -0.118. The molecule has 0 aliphatic heterocycles. The Hall–Kier alpha value is -2.41. The summed E-state index contributed by atoms with van der Waals surface area (Å²) in [5.74, 6) is -0.0940. The van der Waals surface area contributed by atoms with Gasteiger partial charge >= 0.3 is 5.69 Å². The van der Waals surface area contributed by atoms with Gasteiger partial charge in [-0.05, 0) is 30.2 Å². The molecule has 1 amide bonds. The number of amides is 1. The third kappa shape index (κ3) is 3.25. The fourth-order valence-corrected chi connectivity index (χ4v) is 1.98. The number of anilines is 1. The highest BCUT2D eigenvalue weighted by molar-refractivity contribution is 5.94. The summed E-state index contributed by atoms with van der Waals surface area (Å²) in [5.41, 5.74) is 6.94. The smallest absolute Gasteiger partial charge is 0.325 e. The molecule has 22 heavy (non-hydrogen) atoms. The van der Waals surface area contributed by atoms with Gasteiger partial charge in [0.25, 0.3) is 0 Å². The van der Waals surface area contributed by atoms with Gasteiger partial charge in [-0.1, -0.05) is 20.3 Å². The van der Waals surface area contributed by atoms with E-state index in [0.29, 0.717) is 11.4 Å². The van der Waals surface area contributed by atoms with E-state index in [9.17, 15) is 9.59 Å². The molecule has 1 aromatic carbocycles. The lowest BCUT2D eigenvalue weighted by Gasteiger charge is -2.17. The number of aromatic nitrogens is 3. The normalized spacial score (nSPS) is 13.6. The predicted octanol–water partition coefficient (Wildman–Crippen LogP) is 0.883. The van der Waals surface area contributed by atoms with E-state index in [-0.39, 0.29) is 17.5 Å². The highest BCUT2D eigenvalue weighted by Crippen LogP contribution is 2.13. The van der Waals surface area contributed by atoms with Crippen molar-refractivity contribution in [1.29, 1.82) is 0 Å². The van der Waals surface area contributed by atoms with E-state index in [2.05, 4.69) is 10.4 Å². The van der Waals surface area contributed by atoms with Gasteiger partial charge in [-0.25, -0.2) is 4.79 Å². The third-order valence-corrected chi connectivity index (χ3v) is 3.76. The summed E-state index contributed by atoms with van der Waals surface area (Å²) < 4.78 is 2.68. The molecule has 2 aromatic rings. The molecule has 2 rings (SSSR count). The van der Waals surface area contributed by atoms with Crippen molar-refractivity contribution in [3.8, 4) is 5.69 Å². The molecule has 1 heterocycles. The molecule has 0 aliphatic rings. The van der Waals surface area contributed by atoms with Gasteiger partial charge in [0, 0.05) is 12.7 Å². The number of aryl methyl sites for hydroxylation is 1. The van der Waals surface area contributed by atoms with Crippen molar-refractivity contribution < 1.29 is 4.79 Å². The number of nitrogens with two attached hydrogens (primary N) is 1. The average Bonchev–Trinajstić information content (AvgIpc) is 2.86. The first kappa shape index (κ1) is 16.0. The summed E-state index contributed by atoms with van der Waals surface area (Å²) in [7, 11) is 1.64.